The molecule has 0 spiro atoms. The largest absolute Gasteiger partial charge is 0.418 e. The van der Waals surface area contributed by atoms with Gasteiger partial charge in [0.25, 0.3) is 11.8 Å². The molecule has 6 nitrogen and oxygen atoms in total. The van der Waals surface area contributed by atoms with Crippen LogP contribution in [0.15, 0.2) is 149 Å². The van der Waals surface area contributed by atoms with Gasteiger partial charge in [-0.3, -0.25) is 14.4 Å². The number of halogens is 4. The van der Waals surface area contributed by atoms with E-state index < -0.39 is 34.7 Å². The third kappa shape index (κ3) is 9.24. The Bertz CT molecular complexity index is 1940. The number of amides is 3. The molecule has 0 aromatic heterocycles. The number of benzene rings is 5. The number of hydrogen-bond donors (Lipinski definition) is 3. The maximum atomic E-state index is 13.6. The average Bonchev–Trinajstić information content (AvgIpc) is 3.08. The van der Waals surface area contributed by atoms with E-state index in [1.54, 1.807) is 103 Å². The lowest BCUT2D eigenvalue weighted by Gasteiger charge is -2.19. The number of para-hydroxylation sites is 1. The molecule has 5 aromatic rings. The van der Waals surface area contributed by atoms with Crippen LogP contribution in [0.25, 0.3) is 6.08 Å². The monoisotopic (exact) mass is 729 g/mol. The second-order valence-electron chi connectivity index (χ2n) is 10.4. The quantitative estimate of drug-likeness (QED) is 0.0988. The van der Waals surface area contributed by atoms with Crippen LogP contribution in [-0.2, 0) is 15.8 Å². The SMILES string of the molecule is O=C(Nc1cccc(SC(C(=O)Nc2ccccc2C(F)(F)F)c2ccccc2)c1)/C(=C\c1ccc(Br)cc1)NC(=O)c1ccccc1. The van der Waals surface area contributed by atoms with Gasteiger partial charge in [-0.1, -0.05) is 94.8 Å². The molecular weight excluding hydrogens is 703 g/mol. The summed E-state index contributed by atoms with van der Waals surface area (Å²) in [6.45, 7) is 0. The number of anilines is 2. The van der Waals surface area contributed by atoms with Gasteiger partial charge in [0.2, 0.25) is 5.91 Å². The van der Waals surface area contributed by atoms with E-state index in [4.69, 9.17) is 0 Å². The van der Waals surface area contributed by atoms with Crippen molar-refractivity contribution in [2.75, 3.05) is 10.6 Å². The molecule has 1 unspecified atom stereocenters. The molecule has 3 N–H and O–H groups in total. The summed E-state index contributed by atoms with van der Waals surface area (Å²) in [7, 11) is 0. The number of carbonyl (C=O) groups excluding carboxylic acids is 3. The molecule has 0 bridgehead atoms. The minimum Gasteiger partial charge on any atom is -0.324 e. The topological polar surface area (TPSA) is 87.3 Å². The van der Waals surface area contributed by atoms with E-state index in [2.05, 4.69) is 31.9 Å². The summed E-state index contributed by atoms with van der Waals surface area (Å²) in [5, 5.41) is 7.03. The Kier molecular flexibility index (Phi) is 11.1. The molecule has 5 aromatic carbocycles. The lowest BCUT2D eigenvalue weighted by atomic mass is 10.1. The Balaban J connectivity index is 1.39. The minimum absolute atomic E-state index is 0.00546. The van der Waals surface area contributed by atoms with Gasteiger partial charge >= 0.3 is 6.18 Å². The van der Waals surface area contributed by atoms with Crippen molar-refractivity contribution in [3.63, 3.8) is 0 Å². The molecule has 0 aliphatic carbocycles. The molecule has 242 valence electrons. The number of hydrogen-bond acceptors (Lipinski definition) is 4. The van der Waals surface area contributed by atoms with Crippen LogP contribution < -0.4 is 16.0 Å². The van der Waals surface area contributed by atoms with Crippen molar-refractivity contribution in [1.29, 1.82) is 0 Å². The molecule has 48 heavy (non-hydrogen) atoms. The first kappa shape index (κ1) is 34.2. The van der Waals surface area contributed by atoms with Gasteiger partial charge in [-0.15, -0.1) is 11.8 Å². The predicted octanol–water partition coefficient (Wildman–Crippen LogP) is 9.35. The highest BCUT2D eigenvalue weighted by atomic mass is 79.9. The van der Waals surface area contributed by atoms with Crippen LogP contribution in [-0.4, -0.2) is 17.7 Å². The van der Waals surface area contributed by atoms with Crippen molar-refractivity contribution in [2.24, 2.45) is 0 Å². The van der Waals surface area contributed by atoms with Crippen LogP contribution in [0.2, 0.25) is 0 Å². The highest BCUT2D eigenvalue weighted by molar-refractivity contribution is 9.10. The van der Waals surface area contributed by atoms with E-state index in [1.165, 1.54) is 18.2 Å². The first-order valence-corrected chi connectivity index (χ1v) is 16.2. The van der Waals surface area contributed by atoms with E-state index in [1.807, 2.05) is 12.1 Å². The molecule has 5 rings (SSSR count). The van der Waals surface area contributed by atoms with Crippen LogP contribution >= 0.6 is 27.7 Å². The molecule has 0 radical (unpaired) electrons. The van der Waals surface area contributed by atoms with Crippen molar-refractivity contribution < 1.29 is 27.6 Å². The van der Waals surface area contributed by atoms with Gasteiger partial charge in [-0.2, -0.15) is 13.2 Å². The molecule has 1 atom stereocenters. The van der Waals surface area contributed by atoms with Crippen molar-refractivity contribution in [3.8, 4) is 0 Å². The fraction of sp³-hybridized carbons (Fsp3) is 0.0541. The third-order valence-electron chi connectivity index (χ3n) is 6.89. The maximum absolute atomic E-state index is 13.6. The fourth-order valence-corrected chi connectivity index (χ4v) is 5.94. The summed E-state index contributed by atoms with van der Waals surface area (Å²) < 4.78 is 41.8. The van der Waals surface area contributed by atoms with E-state index in [0.29, 0.717) is 27.3 Å². The van der Waals surface area contributed by atoms with E-state index in [9.17, 15) is 27.6 Å². The van der Waals surface area contributed by atoms with Gasteiger partial charge in [0.05, 0.1) is 11.3 Å². The molecule has 3 amide bonds. The van der Waals surface area contributed by atoms with Crippen LogP contribution in [0, 0.1) is 0 Å². The van der Waals surface area contributed by atoms with Gasteiger partial charge in [-0.05, 0) is 71.8 Å². The summed E-state index contributed by atoms with van der Waals surface area (Å²) in [5.41, 5.74) is 0.677. The summed E-state index contributed by atoms with van der Waals surface area (Å²) in [4.78, 5) is 40.7. The normalized spacial score (nSPS) is 12.1. The Morgan fingerprint density at radius 1 is 0.729 bits per heavy atom. The summed E-state index contributed by atoms with van der Waals surface area (Å²) >= 11 is 4.50. The van der Waals surface area contributed by atoms with Crippen molar-refractivity contribution in [3.05, 3.63) is 166 Å². The van der Waals surface area contributed by atoms with Crippen molar-refractivity contribution in [2.45, 2.75) is 16.3 Å². The molecule has 0 aliphatic rings. The lowest BCUT2D eigenvalue weighted by molar-refractivity contribution is -0.137. The summed E-state index contributed by atoms with van der Waals surface area (Å²) in [5.74, 6) is -1.71. The zero-order valence-corrected chi connectivity index (χ0v) is 27.4. The Morgan fingerprint density at radius 3 is 2.06 bits per heavy atom. The zero-order chi connectivity index (χ0) is 34.1. The number of carbonyl (C=O) groups is 3. The number of rotatable bonds is 10. The second kappa shape index (κ2) is 15.6. The Morgan fingerprint density at radius 2 is 1.38 bits per heavy atom. The van der Waals surface area contributed by atoms with Crippen LogP contribution in [0.4, 0.5) is 24.5 Å². The van der Waals surface area contributed by atoms with E-state index >= 15 is 0 Å². The van der Waals surface area contributed by atoms with Crippen molar-refractivity contribution >= 4 is 62.9 Å². The highest BCUT2D eigenvalue weighted by Gasteiger charge is 2.34. The summed E-state index contributed by atoms with van der Waals surface area (Å²) in [6, 6.07) is 35.8. The predicted molar refractivity (Wildman–Crippen MR) is 186 cm³/mol. The zero-order valence-electron chi connectivity index (χ0n) is 25.0. The number of thioether (sulfide) groups is 1. The Labute approximate surface area is 287 Å². The molecule has 0 heterocycles. The first-order chi connectivity index (χ1) is 23.1. The maximum Gasteiger partial charge on any atom is 0.418 e. The molecular formula is C37H27BrF3N3O3S. The molecule has 0 fully saturated rings. The highest BCUT2D eigenvalue weighted by Crippen LogP contribution is 2.39. The van der Waals surface area contributed by atoms with Gasteiger partial charge in [0, 0.05) is 20.6 Å². The van der Waals surface area contributed by atoms with E-state index in [0.717, 1.165) is 22.3 Å². The molecule has 11 heteroatoms. The van der Waals surface area contributed by atoms with Crippen LogP contribution in [0.3, 0.4) is 0 Å². The third-order valence-corrected chi connectivity index (χ3v) is 8.66. The minimum atomic E-state index is -4.66. The van der Waals surface area contributed by atoms with Gasteiger partial charge in [-0.25, -0.2) is 0 Å². The first-order valence-electron chi connectivity index (χ1n) is 14.5. The molecule has 0 saturated carbocycles. The smallest absolute Gasteiger partial charge is 0.324 e. The summed E-state index contributed by atoms with van der Waals surface area (Å²) in [6.07, 6.45) is -3.10. The molecule has 0 saturated heterocycles. The second-order valence-corrected chi connectivity index (χ2v) is 12.4. The van der Waals surface area contributed by atoms with Gasteiger partial charge < -0.3 is 16.0 Å². The fourth-order valence-electron chi connectivity index (χ4n) is 4.59. The van der Waals surface area contributed by atoms with Gasteiger partial charge in [0.1, 0.15) is 10.9 Å². The van der Waals surface area contributed by atoms with Crippen LogP contribution in [0.5, 0.6) is 0 Å². The van der Waals surface area contributed by atoms with E-state index in [-0.39, 0.29) is 11.4 Å². The standard InChI is InChI=1S/C37H27BrF3N3O3S/c38-27-20-18-24(19-21-27)22-32(44-34(45)26-12-5-2-6-13-26)35(46)42-28-14-9-15-29(23-28)48-33(25-10-3-1-4-11-25)36(47)43-31-17-8-7-16-30(31)37(39,40)41/h1-23,33H,(H,42,46)(H,43,47)(H,44,45)/b32-22+. The molecule has 0 aliphatic heterocycles. The lowest BCUT2D eigenvalue weighted by Crippen LogP contribution is -2.30. The number of nitrogens with one attached hydrogen (secondary N) is 3. The Hall–Kier alpha value is -5.13. The van der Waals surface area contributed by atoms with Crippen LogP contribution in [0.1, 0.15) is 32.3 Å². The average molecular weight is 731 g/mol. The van der Waals surface area contributed by atoms with Crippen molar-refractivity contribution in [1.82, 2.24) is 5.32 Å². The van der Waals surface area contributed by atoms with Gasteiger partial charge in [0.15, 0.2) is 0 Å². The number of alkyl halides is 3.